The number of benzene rings is 3. The van der Waals surface area contributed by atoms with E-state index in [4.69, 9.17) is 0 Å². The summed E-state index contributed by atoms with van der Waals surface area (Å²) in [6.45, 7) is 0.648. The summed E-state index contributed by atoms with van der Waals surface area (Å²) in [5.74, 6) is -1.69. The van der Waals surface area contributed by atoms with Gasteiger partial charge in [-0.15, -0.1) is 0 Å². The van der Waals surface area contributed by atoms with E-state index in [1.165, 1.54) is 10.5 Å². The molecule has 0 bridgehead atoms. The van der Waals surface area contributed by atoms with Gasteiger partial charge in [0.05, 0.1) is 11.8 Å². The van der Waals surface area contributed by atoms with Gasteiger partial charge in [0.15, 0.2) is 5.78 Å². The Kier molecular flexibility index (Phi) is 3.07. The van der Waals surface area contributed by atoms with Crippen molar-refractivity contribution >= 4 is 28.4 Å². The number of likely N-dealkylation sites (tertiary alicyclic amines) is 1. The normalized spacial score (nSPS) is 30.9. The Morgan fingerprint density at radius 1 is 0.903 bits per heavy atom. The number of hydrogen-bond acceptors (Lipinski definition) is 4. The third kappa shape index (κ3) is 1.74. The number of fused-ring (bicyclic) bond motifs is 8. The van der Waals surface area contributed by atoms with Gasteiger partial charge < -0.3 is 0 Å². The number of hydrogen-bond donors (Lipinski definition) is 0. The van der Waals surface area contributed by atoms with E-state index in [-0.39, 0.29) is 23.6 Å². The third-order valence-electron chi connectivity index (χ3n) is 8.05. The summed E-state index contributed by atoms with van der Waals surface area (Å²) >= 11 is 0. The van der Waals surface area contributed by atoms with Gasteiger partial charge in [0.1, 0.15) is 5.54 Å². The van der Waals surface area contributed by atoms with Crippen molar-refractivity contribution in [3.05, 3.63) is 82.9 Å². The van der Waals surface area contributed by atoms with Crippen molar-refractivity contribution in [1.82, 2.24) is 9.80 Å². The largest absolute Gasteiger partial charge is 0.292 e. The molecule has 0 saturated carbocycles. The SMILES string of the molecule is CN1C(=O)[C@H]2[C@@H]3c4ccccc4CCN3[C@@]3(C(=O)c4cccc5cccc3c45)[C@H]2C1=O. The van der Waals surface area contributed by atoms with Crippen LogP contribution < -0.4 is 0 Å². The van der Waals surface area contributed by atoms with E-state index in [9.17, 15) is 14.4 Å². The summed E-state index contributed by atoms with van der Waals surface area (Å²) in [6, 6.07) is 19.6. The number of amides is 2. The molecule has 4 atom stereocenters. The second-order valence-corrected chi connectivity index (χ2v) is 9.13. The maximum absolute atomic E-state index is 14.2. The minimum atomic E-state index is -1.12. The second-order valence-electron chi connectivity index (χ2n) is 9.13. The first-order chi connectivity index (χ1) is 15.1. The van der Waals surface area contributed by atoms with Crippen LogP contribution in [0.2, 0.25) is 0 Å². The Balaban J connectivity index is 1.59. The van der Waals surface area contributed by atoms with Gasteiger partial charge in [-0.3, -0.25) is 24.2 Å². The lowest BCUT2D eigenvalue weighted by Crippen LogP contribution is -2.54. The van der Waals surface area contributed by atoms with Crippen LogP contribution in [0.3, 0.4) is 0 Å². The standard InChI is InChI=1S/C26H20N2O3/c1-27-24(30)20-21(25(27)31)26(28-13-12-14-6-2-3-9-16(14)22(20)28)18-11-5-8-15-7-4-10-17(19(15)18)23(26)29/h2-11,20-22H,12-13H2,1H3/t20-,21-,22+,26-/m1/s1. The number of Topliss-reactive ketones (excluding diaryl/α,β-unsaturated/α-hetero) is 1. The van der Waals surface area contributed by atoms with E-state index in [0.29, 0.717) is 12.1 Å². The number of ketones is 1. The van der Waals surface area contributed by atoms with E-state index in [0.717, 1.165) is 28.3 Å². The zero-order chi connectivity index (χ0) is 21.1. The Morgan fingerprint density at radius 2 is 1.68 bits per heavy atom. The quantitative estimate of drug-likeness (QED) is 0.537. The zero-order valence-corrected chi connectivity index (χ0v) is 17.0. The Bertz CT molecular complexity index is 1360. The fraction of sp³-hybridized carbons (Fsp3) is 0.269. The number of carbonyl (C=O) groups excluding carboxylic acids is 3. The molecule has 3 aliphatic heterocycles. The van der Waals surface area contributed by atoms with E-state index >= 15 is 0 Å². The maximum atomic E-state index is 14.2. The van der Waals surface area contributed by atoms with E-state index in [1.807, 2.05) is 48.5 Å². The molecule has 5 nitrogen and oxygen atoms in total. The number of carbonyl (C=O) groups is 3. The summed E-state index contributed by atoms with van der Waals surface area (Å²) in [5.41, 5.74) is 2.72. The zero-order valence-electron chi connectivity index (χ0n) is 17.0. The van der Waals surface area contributed by atoms with Crippen molar-refractivity contribution in [3.63, 3.8) is 0 Å². The van der Waals surface area contributed by atoms with Crippen molar-refractivity contribution in [2.45, 2.75) is 18.0 Å². The highest BCUT2D eigenvalue weighted by atomic mass is 16.2. The molecule has 31 heavy (non-hydrogen) atoms. The van der Waals surface area contributed by atoms with Crippen molar-refractivity contribution < 1.29 is 14.4 Å². The first-order valence-electron chi connectivity index (χ1n) is 10.8. The van der Waals surface area contributed by atoms with Crippen molar-refractivity contribution in [1.29, 1.82) is 0 Å². The minimum Gasteiger partial charge on any atom is -0.292 e. The predicted octanol–water partition coefficient (Wildman–Crippen LogP) is 3.08. The highest BCUT2D eigenvalue weighted by Gasteiger charge is 2.73. The summed E-state index contributed by atoms with van der Waals surface area (Å²) in [5, 5.41) is 1.94. The molecule has 3 aromatic carbocycles. The first kappa shape index (κ1) is 17.4. The molecule has 2 saturated heterocycles. The van der Waals surface area contributed by atoms with E-state index in [2.05, 4.69) is 17.0 Å². The van der Waals surface area contributed by atoms with Gasteiger partial charge >= 0.3 is 0 Å². The van der Waals surface area contributed by atoms with Crippen molar-refractivity contribution in [3.8, 4) is 0 Å². The second kappa shape index (κ2) is 5.48. The van der Waals surface area contributed by atoms with Crippen LogP contribution >= 0.6 is 0 Å². The van der Waals surface area contributed by atoms with Gasteiger partial charge in [0.2, 0.25) is 11.8 Å². The number of rotatable bonds is 0. The highest BCUT2D eigenvalue weighted by molar-refractivity contribution is 6.23. The van der Waals surface area contributed by atoms with Crippen LogP contribution in [-0.4, -0.2) is 41.0 Å². The monoisotopic (exact) mass is 408 g/mol. The molecular weight excluding hydrogens is 388 g/mol. The van der Waals surface area contributed by atoms with Crippen LogP contribution in [0.4, 0.5) is 0 Å². The molecule has 5 heteroatoms. The van der Waals surface area contributed by atoms with Gasteiger partial charge in [0.25, 0.3) is 0 Å². The van der Waals surface area contributed by atoms with Crippen molar-refractivity contribution in [2.75, 3.05) is 13.6 Å². The highest BCUT2D eigenvalue weighted by Crippen LogP contribution is 2.64. The molecule has 3 aromatic rings. The third-order valence-corrected chi connectivity index (χ3v) is 8.05. The summed E-state index contributed by atoms with van der Waals surface area (Å²) in [7, 11) is 1.56. The van der Waals surface area contributed by atoms with E-state index < -0.39 is 17.4 Å². The van der Waals surface area contributed by atoms with Crippen LogP contribution in [0.1, 0.15) is 33.1 Å². The lowest BCUT2D eigenvalue weighted by Gasteiger charge is -2.43. The molecule has 7 rings (SSSR count). The van der Waals surface area contributed by atoms with Crippen LogP contribution in [0.15, 0.2) is 60.7 Å². The fourth-order valence-electron chi connectivity index (χ4n) is 6.92. The van der Waals surface area contributed by atoms with Gasteiger partial charge in [-0.25, -0.2) is 0 Å². The lowest BCUT2D eigenvalue weighted by molar-refractivity contribution is -0.140. The van der Waals surface area contributed by atoms with Crippen LogP contribution in [-0.2, 0) is 21.5 Å². The van der Waals surface area contributed by atoms with Crippen molar-refractivity contribution in [2.24, 2.45) is 11.8 Å². The molecule has 4 aliphatic rings. The molecule has 2 amide bonds. The molecular formula is C26H20N2O3. The first-order valence-corrected chi connectivity index (χ1v) is 10.8. The van der Waals surface area contributed by atoms with Crippen LogP contribution in [0.5, 0.6) is 0 Å². The smallest absolute Gasteiger partial charge is 0.235 e. The molecule has 0 N–H and O–H groups in total. The average molecular weight is 408 g/mol. The van der Waals surface area contributed by atoms with Crippen LogP contribution in [0.25, 0.3) is 10.8 Å². The Labute approximate surface area is 179 Å². The molecule has 0 radical (unpaired) electrons. The minimum absolute atomic E-state index is 0.0346. The van der Waals surface area contributed by atoms with Gasteiger partial charge in [-0.05, 0) is 33.9 Å². The maximum Gasteiger partial charge on any atom is 0.235 e. The van der Waals surface area contributed by atoms with Crippen LogP contribution in [0, 0.1) is 11.8 Å². The fourth-order valence-corrected chi connectivity index (χ4v) is 6.92. The van der Waals surface area contributed by atoms with Gasteiger partial charge in [0, 0.05) is 25.2 Å². The molecule has 0 unspecified atom stereocenters. The lowest BCUT2D eigenvalue weighted by atomic mass is 9.74. The van der Waals surface area contributed by atoms with Gasteiger partial charge in [-0.1, -0.05) is 60.7 Å². The van der Waals surface area contributed by atoms with E-state index in [1.54, 1.807) is 7.05 Å². The molecule has 3 heterocycles. The topological polar surface area (TPSA) is 57.7 Å². The predicted molar refractivity (Wildman–Crippen MR) is 114 cm³/mol. The summed E-state index contributed by atoms with van der Waals surface area (Å²) in [4.78, 5) is 44.6. The molecule has 1 spiro atoms. The number of nitrogens with zero attached hydrogens (tertiary/aromatic N) is 2. The number of imide groups is 1. The summed E-state index contributed by atoms with van der Waals surface area (Å²) in [6.07, 6.45) is 0.797. The molecule has 2 fully saturated rings. The van der Waals surface area contributed by atoms with Gasteiger partial charge in [-0.2, -0.15) is 0 Å². The average Bonchev–Trinajstić information content (AvgIpc) is 3.34. The Hall–Kier alpha value is -3.31. The Morgan fingerprint density at radius 3 is 2.52 bits per heavy atom. The molecule has 1 aliphatic carbocycles. The summed E-state index contributed by atoms with van der Waals surface area (Å²) < 4.78 is 0. The molecule has 0 aromatic heterocycles. The molecule has 152 valence electrons.